The molecule has 0 saturated heterocycles. The number of ether oxygens (including phenoxy) is 4. The fourth-order valence-corrected chi connectivity index (χ4v) is 4.98. The molecule has 3 aromatic rings. The summed E-state index contributed by atoms with van der Waals surface area (Å²) in [6, 6.07) is 14.5. The Morgan fingerprint density at radius 2 is 1.45 bits per heavy atom. The van der Waals surface area contributed by atoms with Crippen LogP contribution in [0, 0.1) is 13.8 Å². The van der Waals surface area contributed by atoms with E-state index in [1.54, 1.807) is 37.3 Å². The predicted molar refractivity (Wildman–Crippen MR) is 165 cm³/mol. The highest BCUT2D eigenvalue weighted by Crippen LogP contribution is 2.36. The monoisotopic (exact) mass is 570 g/mol. The number of amides is 1. The Kier molecular flexibility index (Phi) is 9.57. The van der Waals surface area contributed by atoms with E-state index >= 15 is 0 Å². The van der Waals surface area contributed by atoms with E-state index in [4.69, 9.17) is 24.7 Å². The third-order valence-electron chi connectivity index (χ3n) is 7.30. The molecule has 1 atom stereocenters. The Bertz CT molecular complexity index is 1510. The minimum atomic E-state index is -0.160. The normalized spacial score (nSPS) is 14.3. The number of Topliss-reactive ketones (excluding diaryl/α,β-unsaturated/α-hetero) is 1. The van der Waals surface area contributed by atoms with Crippen molar-refractivity contribution < 1.29 is 28.5 Å². The molecule has 0 aliphatic carbocycles. The van der Waals surface area contributed by atoms with Crippen LogP contribution in [0.15, 0.2) is 67.4 Å². The van der Waals surface area contributed by atoms with Gasteiger partial charge in [0.1, 0.15) is 0 Å². The molecule has 220 valence electrons. The van der Waals surface area contributed by atoms with Gasteiger partial charge in [-0.2, -0.15) is 0 Å². The van der Waals surface area contributed by atoms with Crippen molar-refractivity contribution in [1.82, 2.24) is 4.90 Å². The maximum absolute atomic E-state index is 13.7. The third-order valence-corrected chi connectivity index (χ3v) is 7.30. The van der Waals surface area contributed by atoms with Crippen LogP contribution in [0.2, 0.25) is 0 Å². The van der Waals surface area contributed by atoms with Crippen LogP contribution in [-0.2, 0) is 0 Å². The Hall–Kier alpha value is -4.72. The average Bonchev–Trinajstić information content (AvgIpc) is 3.41. The predicted octanol–water partition coefficient (Wildman–Crippen LogP) is 6.39. The highest BCUT2D eigenvalue weighted by atomic mass is 16.5. The molecule has 1 aliphatic heterocycles. The third kappa shape index (κ3) is 6.60. The van der Waals surface area contributed by atoms with E-state index < -0.39 is 0 Å². The van der Waals surface area contributed by atoms with E-state index in [-0.39, 0.29) is 17.7 Å². The summed E-state index contributed by atoms with van der Waals surface area (Å²) >= 11 is 0. The first kappa shape index (κ1) is 30.2. The van der Waals surface area contributed by atoms with Crippen LogP contribution in [0.25, 0.3) is 5.57 Å². The zero-order chi connectivity index (χ0) is 30.4. The summed E-state index contributed by atoms with van der Waals surface area (Å²) in [6.07, 6.45) is 4.94. The molecule has 0 saturated carbocycles. The standard InChI is InChI=1S/C34H38N2O6/c1-7-27-17-25(24-9-11-26(35)12-10-24)20-36(27)34(38)29-19-31(40-6)33(16-22(29)3)42-14-8-13-41-32-15-21(2)28(23(4)37)18-30(32)39-5/h7,9-12,15-16,18-20,27H,1,8,13-14,17,35H2,2-6H3. The molecule has 3 aromatic carbocycles. The molecular weight excluding hydrogens is 532 g/mol. The number of methoxy groups -OCH3 is 2. The first-order chi connectivity index (χ1) is 20.2. The molecule has 1 unspecified atom stereocenters. The van der Waals surface area contributed by atoms with Crippen molar-refractivity contribution in [1.29, 1.82) is 0 Å². The largest absolute Gasteiger partial charge is 0.493 e. The molecule has 0 spiro atoms. The second kappa shape index (κ2) is 13.3. The molecule has 1 amide bonds. The maximum Gasteiger partial charge on any atom is 0.258 e. The van der Waals surface area contributed by atoms with Crippen molar-refractivity contribution in [2.24, 2.45) is 0 Å². The van der Waals surface area contributed by atoms with Gasteiger partial charge in [0.2, 0.25) is 0 Å². The van der Waals surface area contributed by atoms with Crippen molar-refractivity contribution in [3.8, 4) is 23.0 Å². The number of benzene rings is 3. The summed E-state index contributed by atoms with van der Waals surface area (Å²) in [4.78, 5) is 27.2. The van der Waals surface area contributed by atoms with Crippen LogP contribution >= 0.6 is 0 Å². The van der Waals surface area contributed by atoms with Crippen molar-refractivity contribution >= 4 is 23.0 Å². The number of carbonyl (C=O) groups is 2. The Labute approximate surface area is 247 Å². The van der Waals surface area contributed by atoms with Crippen LogP contribution in [0.5, 0.6) is 23.0 Å². The van der Waals surface area contributed by atoms with Crippen LogP contribution in [0.3, 0.4) is 0 Å². The van der Waals surface area contributed by atoms with Crippen LogP contribution in [0.4, 0.5) is 5.69 Å². The van der Waals surface area contributed by atoms with E-state index in [2.05, 4.69) is 6.58 Å². The molecule has 42 heavy (non-hydrogen) atoms. The number of nitrogens with two attached hydrogens (primary N) is 1. The lowest BCUT2D eigenvalue weighted by Gasteiger charge is -2.22. The Morgan fingerprint density at radius 3 is 1.98 bits per heavy atom. The molecule has 0 radical (unpaired) electrons. The summed E-state index contributed by atoms with van der Waals surface area (Å²) < 4.78 is 22.9. The number of anilines is 1. The van der Waals surface area contributed by atoms with Crippen molar-refractivity contribution in [2.75, 3.05) is 33.2 Å². The van der Waals surface area contributed by atoms with Gasteiger partial charge in [0, 0.05) is 29.4 Å². The van der Waals surface area contributed by atoms with E-state index in [1.807, 2.05) is 56.4 Å². The number of carbonyl (C=O) groups excluding carboxylic acids is 2. The van der Waals surface area contributed by atoms with E-state index in [9.17, 15) is 9.59 Å². The van der Waals surface area contributed by atoms with Crippen molar-refractivity contribution in [3.63, 3.8) is 0 Å². The maximum atomic E-state index is 13.7. The van der Waals surface area contributed by atoms with E-state index in [0.29, 0.717) is 65.9 Å². The smallest absolute Gasteiger partial charge is 0.258 e. The molecular formula is C34H38N2O6. The van der Waals surface area contributed by atoms with Crippen molar-refractivity contribution in [3.05, 3.63) is 95.2 Å². The molecule has 0 bridgehead atoms. The lowest BCUT2D eigenvalue weighted by atomic mass is 10.0. The van der Waals surface area contributed by atoms with Gasteiger partial charge in [0.15, 0.2) is 28.8 Å². The van der Waals surface area contributed by atoms with Gasteiger partial charge in [-0.3, -0.25) is 9.59 Å². The van der Waals surface area contributed by atoms with Gasteiger partial charge in [-0.25, -0.2) is 0 Å². The fraction of sp³-hybridized carbons (Fsp3) is 0.294. The SMILES string of the molecule is C=CC1CC(c2ccc(N)cc2)=CN1C(=O)c1cc(OC)c(OCCCOc2cc(C)c(C(C)=O)cc2OC)cc1C. The average molecular weight is 571 g/mol. The van der Waals surface area contributed by atoms with Gasteiger partial charge in [0.05, 0.1) is 33.5 Å². The zero-order valence-corrected chi connectivity index (χ0v) is 24.9. The van der Waals surface area contributed by atoms with E-state index in [0.717, 1.165) is 22.3 Å². The Morgan fingerprint density at radius 1 is 0.905 bits per heavy atom. The second-order valence-electron chi connectivity index (χ2n) is 10.2. The highest BCUT2D eigenvalue weighted by molar-refractivity contribution is 5.99. The summed E-state index contributed by atoms with van der Waals surface area (Å²) in [5.41, 5.74) is 11.3. The summed E-state index contributed by atoms with van der Waals surface area (Å²) in [6.45, 7) is 9.98. The zero-order valence-electron chi connectivity index (χ0n) is 24.9. The molecule has 8 nitrogen and oxygen atoms in total. The second-order valence-corrected chi connectivity index (χ2v) is 10.2. The first-order valence-corrected chi connectivity index (χ1v) is 13.8. The van der Waals surface area contributed by atoms with Gasteiger partial charge >= 0.3 is 0 Å². The molecule has 8 heteroatoms. The Balaban J connectivity index is 1.42. The lowest BCUT2D eigenvalue weighted by molar-refractivity contribution is 0.0805. The van der Waals surface area contributed by atoms with Crippen LogP contribution < -0.4 is 24.7 Å². The molecule has 0 fully saturated rings. The number of hydrogen-bond donors (Lipinski definition) is 1. The number of hydrogen-bond acceptors (Lipinski definition) is 7. The van der Waals surface area contributed by atoms with Gasteiger partial charge in [0.25, 0.3) is 5.91 Å². The van der Waals surface area contributed by atoms with Crippen LogP contribution in [-0.4, -0.2) is 50.1 Å². The van der Waals surface area contributed by atoms with Gasteiger partial charge in [-0.1, -0.05) is 18.2 Å². The van der Waals surface area contributed by atoms with Crippen LogP contribution in [0.1, 0.15) is 57.2 Å². The number of rotatable bonds is 12. The molecule has 2 N–H and O–H groups in total. The molecule has 4 rings (SSSR count). The molecule has 1 aliphatic rings. The van der Waals surface area contributed by atoms with Gasteiger partial charge in [-0.05, 0) is 85.9 Å². The minimum absolute atomic E-state index is 0.0250. The van der Waals surface area contributed by atoms with Crippen molar-refractivity contribution in [2.45, 2.75) is 39.7 Å². The van der Waals surface area contributed by atoms with Gasteiger partial charge < -0.3 is 29.6 Å². The topological polar surface area (TPSA) is 100 Å². The van der Waals surface area contributed by atoms with Gasteiger partial charge in [-0.15, -0.1) is 6.58 Å². The summed E-state index contributed by atoms with van der Waals surface area (Å²) in [5, 5.41) is 0. The molecule has 0 aromatic heterocycles. The summed E-state index contributed by atoms with van der Waals surface area (Å²) in [5.74, 6) is 1.94. The van der Waals surface area contributed by atoms with E-state index in [1.165, 1.54) is 6.92 Å². The lowest BCUT2D eigenvalue weighted by Crippen LogP contribution is -2.31. The molecule has 1 heterocycles. The number of ketones is 1. The minimum Gasteiger partial charge on any atom is -0.493 e. The summed E-state index contributed by atoms with van der Waals surface area (Å²) in [7, 11) is 3.10. The highest BCUT2D eigenvalue weighted by Gasteiger charge is 2.30. The quantitative estimate of drug-likeness (QED) is 0.116. The first-order valence-electron chi connectivity index (χ1n) is 13.8. The number of nitrogens with zero attached hydrogens (tertiary/aromatic N) is 1. The number of nitrogen functional groups attached to an aromatic ring is 1. The number of aryl methyl sites for hydroxylation is 2. The fourth-order valence-electron chi connectivity index (χ4n) is 4.98.